The van der Waals surface area contributed by atoms with Gasteiger partial charge in [0.2, 0.25) is 11.7 Å². The number of nitrogens with one attached hydrogen (secondary N) is 2. The summed E-state index contributed by atoms with van der Waals surface area (Å²) in [5.74, 6) is 1.08. The summed E-state index contributed by atoms with van der Waals surface area (Å²) in [5.41, 5.74) is 2.21. The number of rotatable bonds is 5. The summed E-state index contributed by atoms with van der Waals surface area (Å²) in [6.45, 7) is 0. The van der Waals surface area contributed by atoms with Crippen molar-refractivity contribution in [3.05, 3.63) is 53.4 Å². The predicted octanol–water partition coefficient (Wildman–Crippen LogP) is 4.07. The summed E-state index contributed by atoms with van der Waals surface area (Å²) in [5, 5.41) is 10.1. The van der Waals surface area contributed by atoms with Gasteiger partial charge in [-0.15, -0.1) is 0 Å². The van der Waals surface area contributed by atoms with Crippen LogP contribution >= 0.6 is 11.6 Å². The third kappa shape index (κ3) is 4.01. The molecular weight excluding hydrogens is 324 g/mol. The minimum absolute atomic E-state index is 0.139. The molecule has 8 heteroatoms. The lowest BCUT2D eigenvalue weighted by Gasteiger charge is -2.02. The van der Waals surface area contributed by atoms with Gasteiger partial charge >= 0.3 is 0 Å². The number of hydrogen-bond acceptors (Lipinski definition) is 4. The molecule has 23 heavy (non-hydrogen) atoms. The SMILES string of the molecule is FC(F)Cc1ccc(-c2cc(Nc3ccnc(Cl)n3)n[nH]2)cc1. The van der Waals surface area contributed by atoms with E-state index in [0.717, 1.165) is 11.3 Å². The van der Waals surface area contributed by atoms with Crippen LogP contribution < -0.4 is 5.32 Å². The third-order valence-corrected chi connectivity index (χ3v) is 3.30. The molecule has 3 rings (SSSR count). The van der Waals surface area contributed by atoms with Crippen LogP contribution in [0.4, 0.5) is 20.4 Å². The maximum atomic E-state index is 12.3. The maximum Gasteiger partial charge on any atom is 0.242 e. The number of alkyl halides is 2. The van der Waals surface area contributed by atoms with Crippen LogP contribution in [-0.2, 0) is 6.42 Å². The van der Waals surface area contributed by atoms with Crippen LogP contribution in [0.3, 0.4) is 0 Å². The minimum atomic E-state index is -2.34. The molecule has 2 heterocycles. The lowest BCUT2D eigenvalue weighted by molar-refractivity contribution is 0.149. The van der Waals surface area contributed by atoms with Crippen LogP contribution in [0.2, 0.25) is 5.28 Å². The van der Waals surface area contributed by atoms with Crippen molar-refractivity contribution in [3.63, 3.8) is 0 Å². The Morgan fingerprint density at radius 2 is 1.91 bits per heavy atom. The molecule has 2 aromatic heterocycles. The number of benzene rings is 1. The Balaban J connectivity index is 1.73. The van der Waals surface area contributed by atoms with E-state index in [4.69, 9.17) is 11.6 Å². The molecule has 118 valence electrons. The Kier molecular flexibility index (Phi) is 4.47. The van der Waals surface area contributed by atoms with Gasteiger partial charge in [-0.3, -0.25) is 5.10 Å². The Morgan fingerprint density at radius 3 is 2.61 bits per heavy atom. The molecule has 0 aliphatic rings. The second-order valence-electron chi connectivity index (χ2n) is 4.79. The number of anilines is 2. The molecule has 0 spiro atoms. The zero-order valence-corrected chi connectivity index (χ0v) is 12.6. The predicted molar refractivity (Wildman–Crippen MR) is 84.1 cm³/mol. The van der Waals surface area contributed by atoms with Crippen molar-refractivity contribution in [2.24, 2.45) is 0 Å². The van der Waals surface area contributed by atoms with Crippen LogP contribution in [0.15, 0.2) is 42.6 Å². The first kappa shape index (κ1) is 15.4. The van der Waals surface area contributed by atoms with Crippen molar-refractivity contribution in [2.75, 3.05) is 5.32 Å². The molecule has 5 nitrogen and oxygen atoms in total. The highest BCUT2D eigenvalue weighted by molar-refractivity contribution is 6.28. The van der Waals surface area contributed by atoms with Crippen molar-refractivity contribution >= 4 is 23.2 Å². The summed E-state index contributed by atoms with van der Waals surface area (Å²) in [4.78, 5) is 7.80. The summed E-state index contributed by atoms with van der Waals surface area (Å²) in [6, 6.07) is 10.4. The van der Waals surface area contributed by atoms with Gasteiger partial charge < -0.3 is 5.32 Å². The number of nitrogens with zero attached hydrogens (tertiary/aromatic N) is 3. The van der Waals surface area contributed by atoms with E-state index in [1.54, 1.807) is 36.4 Å². The molecule has 0 fully saturated rings. The van der Waals surface area contributed by atoms with Crippen molar-refractivity contribution in [3.8, 4) is 11.3 Å². The number of aromatic nitrogens is 4. The van der Waals surface area contributed by atoms with E-state index in [9.17, 15) is 8.78 Å². The van der Waals surface area contributed by atoms with Crippen LogP contribution in [0.1, 0.15) is 5.56 Å². The normalized spacial score (nSPS) is 11.0. The lowest BCUT2D eigenvalue weighted by Crippen LogP contribution is -1.96. The number of halogens is 3. The molecule has 0 aliphatic carbocycles. The van der Waals surface area contributed by atoms with E-state index in [0.29, 0.717) is 17.2 Å². The number of H-pyrrole nitrogens is 1. The highest BCUT2D eigenvalue weighted by atomic mass is 35.5. The van der Waals surface area contributed by atoms with E-state index in [-0.39, 0.29) is 11.7 Å². The van der Waals surface area contributed by atoms with Gasteiger partial charge in [0.05, 0.1) is 5.69 Å². The van der Waals surface area contributed by atoms with Crippen LogP contribution in [-0.4, -0.2) is 26.6 Å². The summed E-state index contributed by atoms with van der Waals surface area (Å²) < 4.78 is 24.7. The second-order valence-corrected chi connectivity index (χ2v) is 5.13. The fraction of sp³-hybridized carbons (Fsp3) is 0.133. The van der Waals surface area contributed by atoms with Crippen LogP contribution in [0, 0.1) is 0 Å². The first-order valence-corrected chi connectivity index (χ1v) is 7.16. The summed E-state index contributed by atoms with van der Waals surface area (Å²) >= 11 is 5.72. The summed E-state index contributed by atoms with van der Waals surface area (Å²) in [7, 11) is 0. The van der Waals surface area contributed by atoms with Gasteiger partial charge in [0, 0.05) is 18.7 Å². The van der Waals surface area contributed by atoms with E-state index in [1.807, 2.05) is 0 Å². The van der Waals surface area contributed by atoms with Gasteiger partial charge in [-0.25, -0.2) is 18.7 Å². The van der Waals surface area contributed by atoms with Crippen molar-refractivity contribution in [2.45, 2.75) is 12.8 Å². The van der Waals surface area contributed by atoms with E-state index in [1.165, 1.54) is 6.20 Å². The lowest BCUT2D eigenvalue weighted by atomic mass is 10.1. The molecule has 0 bridgehead atoms. The molecular formula is C15H12ClF2N5. The smallest absolute Gasteiger partial charge is 0.242 e. The van der Waals surface area contributed by atoms with Gasteiger partial charge in [0.25, 0.3) is 0 Å². The van der Waals surface area contributed by atoms with Crippen LogP contribution in [0.5, 0.6) is 0 Å². The fourth-order valence-electron chi connectivity index (χ4n) is 2.07. The highest BCUT2D eigenvalue weighted by Gasteiger charge is 2.07. The number of hydrogen-bond donors (Lipinski definition) is 2. The van der Waals surface area contributed by atoms with E-state index in [2.05, 4.69) is 25.5 Å². The van der Waals surface area contributed by atoms with E-state index < -0.39 is 6.43 Å². The zero-order valence-electron chi connectivity index (χ0n) is 11.8. The molecule has 2 N–H and O–H groups in total. The average Bonchev–Trinajstić information content (AvgIpc) is 2.96. The highest BCUT2D eigenvalue weighted by Crippen LogP contribution is 2.22. The largest absolute Gasteiger partial charge is 0.323 e. The Hall–Kier alpha value is -2.54. The van der Waals surface area contributed by atoms with E-state index >= 15 is 0 Å². The first-order chi connectivity index (χ1) is 11.1. The van der Waals surface area contributed by atoms with Gasteiger partial charge in [-0.1, -0.05) is 24.3 Å². The molecule has 0 atom stereocenters. The van der Waals surface area contributed by atoms with Gasteiger partial charge in [-0.2, -0.15) is 5.10 Å². The van der Waals surface area contributed by atoms with Crippen LogP contribution in [0.25, 0.3) is 11.3 Å². The molecule has 1 aromatic carbocycles. The Labute approximate surface area is 135 Å². The molecule has 0 unspecified atom stereocenters. The first-order valence-electron chi connectivity index (χ1n) is 6.78. The molecule has 0 aliphatic heterocycles. The topological polar surface area (TPSA) is 66.5 Å². The van der Waals surface area contributed by atoms with Gasteiger partial charge in [0.1, 0.15) is 5.82 Å². The quantitative estimate of drug-likeness (QED) is 0.690. The molecule has 0 radical (unpaired) electrons. The van der Waals surface area contributed by atoms with Crippen molar-refractivity contribution < 1.29 is 8.78 Å². The summed E-state index contributed by atoms with van der Waals surface area (Å²) in [6.07, 6.45) is -1.05. The standard InChI is InChI=1S/C15H12ClF2N5/c16-15-19-6-5-13(21-15)20-14-8-11(22-23-14)10-3-1-9(2-4-10)7-12(17)18/h1-6,8,12H,7H2,(H2,19,20,21,22,23). The maximum absolute atomic E-state index is 12.3. The minimum Gasteiger partial charge on any atom is -0.323 e. The fourth-order valence-corrected chi connectivity index (χ4v) is 2.22. The molecule has 0 saturated heterocycles. The number of aromatic amines is 1. The van der Waals surface area contributed by atoms with Gasteiger partial charge in [-0.05, 0) is 28.8 Å². The van der Waals surface area contributed by atoms with Crippen molar-refractivity contribution in [1.29, 1.82) is 0 Å². The average molecular weight is 336 g/mol. The molecule has 0 amide bonds. The molecule has 3 aromatic rings. The Bertz CT molecular complexity index is 789. The molecule has 0 saturated carbocycles. The van der Waals surface area contributed by atoms with Crippen molar-refractivity contribution in [1.82, 2.24) is 20.2 Å². The second kappa shape index (κ2) is 6.70. The zero-order chi connectivity index (χ0) is 16.2. The van der Waals surface area contributed by atoms with Gasteiger partial charge in [0.15, 0.2) is 5.82 Å². The third-order valence-electron chi connectivity index (χ3n) is 3.12. The Morgan fingerprint density at radius 1 is 1.13 bits per heavy atom. The monoisotopic (exact) mass is 335 g/mol.